The molecule has 2 aliphatic rings. The summed E-state index contributed by atoms with van der Waals surface area (Å²) in [7, 11) is 0. The Morgan fingerprint density at radius 2 is 2.26 bits per heavy atom. The van der Waals surface area contributed by atoms with Gasteiger partial charge < -0.3 is 4.90 Å². The van der Waals surface area contributed by atoms with E-state index in [4.69, 9.17) is 11.6 Å². The van der Waals surface area contributed by atoms with Gasteiger partial charge in [0, 0.05) is 29.6 Å². The monoisotopic (exact) mass is 295 g/mol. The number of nitrogens with zero attached hydrogens (tertiary/aromatic N) is 1. The van der Waals surface area contributed by atoms with Gasteiger partial charge in [-0.2, -0.15) is 0 Å². The van der Waals surface area contributed by atoms with Crippen molar-refractivity contribution in [1.82, 2.24) is 4.90 Å². The fourth-order valence-corrected chi connectivity index (χ4v) is 4.45. The summed E-state index contributed by atoms with van der Waals surface area (Å²) in [6, 6.07) is 8.29. The Kier molecular flexibility index (Phi) is 4.04. The van der Waals surface area contributed by atoms with Crippen LogP contribution >= 0.6 is 23.4 Å². The van der Waals surface area contributed by atoms with E-state index in [2.05, 4.69) is 12.1 Å². The third-order valence-electron chi connectivity index (χ3n) is 4.05. The Labute approximate surface area is 123 Å². The Bertz CT molecular complexity index is 479. The van der Waals surface area contributed by atoms with Crippen molar-refractivity contribution in [1.29, 1.82) is 0 Å². The van der Waals surface area contributed by atoms with Crippen molar-refractivity contribution in [2.45, 2.75) is 23.7 Å². The fraction of sp³-hybridized carbons (Fsp3) is 0.533. The number of piperidine rings is 1. The normalized spacial score (nSPS) is 26.3. The number of hydrogen-bond donors (Lipinski definition) is 0. The summed E-state index contributed by atoms with van der Waals surface area (Å²) in [4.78, 5) is 16.0. The van der Waals surface area contributed by atoms with E-state index in [0.717, 1.165) is 31.7 Å². The van der Waals surface area contributed by atoms with Crippen LogP contribution in [-0.4, -0.2) is 35.5 Å². The number of thioether (sulfide) groups is 1. The summed E-state index contributed by atoms with van der Waals surface area (Å²) < 4.78 is 0. The minimum absolute atomic E-state index is 0.0512. The zero-order valence-corrected chi connectivity index (χ0v) is 12.4. The fourth-order valence-electron chi connectivity index (χ4n) is 2.98. The second kappa shape index (κ2) is 5.76. The molecular formula is C15H18ClNOS. The van der Waals surface area contributed by atoms with Crippen molar-refractivity contribution in [2.75, 3.05) is 24.7 Å². The van der Waals surface area contributed by atoms with Crippen LogP contribution in [0.5, 0.6) is 0 Å². The lowest BCUT2D eigenvalue weighted by Crippen LogP contribution is -2.42. The van der Waals surface area contributed by atoms with Crippen LogP contribution in [0.15, 0.2) is 29.2 Å². The second-order valence-corrected chi connectivity index (χ2v) is 6.72. The van der Waals surface area contributed by atoms with Crippen LogP contribution in [0.4, 0.5) is 0 Å². The number of benzene rings is 1. The summed E-state index contributed by atoms with van der Waals surface area (Å²) in [5.74, 6) is 2.38. The first-order chi connectivity index (χ1) is 9.29. The number of hydrogen-bond acceptors (Lipinski definition) is 2. The molecule has 0 aromatic heterocycles. The largest absolute Gasteiger partial charge is 0.342 e. The van der Waals surface area contributed by atoms with Gasteiger partial charge in [0.05, 0.1) is 5.92 Å². The molecule has 0 N–H and O–H groups in total. The van der Waals surface area contributed by atoms with E-state index in [1.165, 1.54) is 10.5 Å². The molecule has 0 saturated carbocycles. The molecule has 0 radical (unpaired) electrons. The maximum Gasteiger partial charge on any atom is 0.231 e. The molecule has 2 atom stereocenters. The van der Waals surface area contributed by atoms with Crippen LogP contribution in [-0.2, 0) is 4.79 Å². The van der Waals surface area contributed by atoms with Gasteiger partial charge in [0.15, 0.2) is 0 Å². The number of amides is 1. The molecule has 102 valence electrons. The standard InChI is InChI=1S/C15H18ClNOS/c16-8-11-4-3-7-17(9-11)15(18)13-10-19-14-6-2-1-5-12(13)14/h1-2,5-6,11,13H,3-4,7-10H2. The molecule has 1 amide bonds. The molecule has 0 aliphatic carbocycles. The van der Waals surface area contributed by atoms with E-state index in [-0.39, 0.29) is 5.92 Å². The van der Waals surface area contributed by atoms with Crippen LogP contribution in [0.1, 0.15) is 24.3 Å². The highest BCUT2D eigenvalue weighted by molar-refractivity contribution is 7.99. The van der Waals surface area contributed by atoms with Gasteiger partial charge in [-0.3, -0.25) is 4.79 Å². The SMILES string of the molecule is O=C(C1CSc2ccccc21)N1CCCC(CCl)C1. The van der Waals surface area contributed by atoms with Gasteiger partial charge in [0.2, 0.25) is 5.91 Å². The van der Waals surface area contributed by atoms with Crippen molar-refractivity contribution in [3.63, 3.8) is 0 Å². The van der Waals surface area contributed by atoms with Crippen LogP contribution in [0, 0.1) is 5.92 Å². The molecule has 4 heteroatoms. The lowest BCUT2D eigenvalue weighted by molar-refractivity contribution is -0.133. The number of likely N-dealkylation sites (tertiary alicyclic amines) is 1. The highest BCUT2D eigenvalue weighted by Gasteiger charge is 2.33. The summed E-state index contributed by atoms with van der Waals surface area (Å²) in [6.07, 6.45) is 2.24. The van der Waals surface area contributed by atoms with Crippen molar-refractivity contribution in [2.24, 2.45) is 5.92 Å². The molecule has 1 aromatic carbocycles. The Balaban J connectivity index is 1.75. The number of halogens is 1. The molecule has 2 nitrogen and oxygen atoms in total. The number of rotatable bonds is 2. The van der Waals surface area contributed by atoms with Gasteiger partial charge in [-0.1, -0.05) is 18.2 Å². The quantitative estimate of drug-likeness (QED) is 0.780. The van der Waals surface area contributed by atoms with E-state index in [9.17, 15) is 4.79 Å². The van der Waals surface area contributed by atoms with Gasteiger partial charge in [-0.15, -0.1) is 23.4 Å². The first kappa shape index (κ1) is 13.3. The number of alkyl halides is 1. The maximum atomic E-state index is 12.7. The average molecular weight is 296 g/mol. The highest BCUT2D eigenvalue weighted by Crippen LogP contribution is 2.40. The van der Waals surface area contributed by atoms with Crippen LogP contribution in [0.25, 0.3) is 0 Å². The molecular weight excluding hydrogens is 278 g/mol. The van der Waals surface area contributed by atoms with Crippen LogP contribution in [0.3, 0.4) is 0 Å². The number of carbonyl (C=O) groups is 1. The van der Waals surface area contributed by atoms with Crippen LogP contribution < -0.4 is 0 Å². The van der Waals surface area contributed by atoms with Crippen molar-refractivity contribution in [3.05, 3.63) is 29.8 Å². The summed E-state index contributed by atoms with van der Waals surface area (Å²) in [5, 5.41) is 0. The van der Waals surface area contributed by atoms with Crippen molar-refractivity contribution < 1.29 is 4.79 Å². The first-order valence-corrected chi connectivity index (χ1v) is 8.38. The molecule has 1 saturated heterocycles. The minimum Gasteiger partial charge on any atom is -0.342 e. The lowest BCUT2D eigenvalue weighted by Gasteiger charge is -2.33. The number of carbonyl (C=O) groups excluding carboxylic acids is 1. The molecule has 1 aromatic rings. The Morgan fingerprint density at radius 1 is 1.42 bits per heavy atom. The molecule has 19 heavy (non-hydrogen) atoms. The zero-order chi connectivity index (χ0) is 13.2. The van der Waals surface area contributed by atoms with Gasteiger partial charge >= 0.3 is 0 Å². The van der Waals surface area contributed by atoms with Gasteiger partial charge in [-0.05, 0) is 30.4 Å². The molecule has 2 aliphatic heterocycles. The summed E-state index contributed by atoms with van der Waals surface area (Å²) in [6.45, 7) is 1.74. The predicted molar refractivity (Wildman–Crippen MR) is 79.9 cm³/mol. The third kappa shape index (κ3) is 2.63. The zero-order valence-electron chi connectivity index (χ0n) is 10.8. The molecule has 3 rings (SSSR count). The van der Waals surface area contributed by atoms with Crippen molar-refractivity contribution >= 4 is 29.3 Å². The van der Waals surface area contributed by atoms with E-state index >= 15 is 0 Å². The maximum absolute atomic E-state index is 12.7. The molecule has 2 heterocycles. The van der Waals surface area contributed by atoms with Gasteiger partial charge in [0.1, 0.15) is 0 Å². The topological polar surface area (TPSA) is 20.3 Å². The van der Waals surface area contributed by atoms with Gasteiger partial charge in [-0.25, -0.2) is 0 Å². The number of fused-ring (bicyclic) bond motifs is 1. The molecule has 0 spiro atoms. The average Bonchev–Trinajstić information content (AvgIpc) is 2.90. The first-order valence-electron chi connectivity index (χ1n) is 6.86. The third-order valence-corrected chi connectivity index (χ3v) is 5.67. The minimum atomic E-state index is 0.0512. The summed E-state index contributed by atoms with van der Waals surface area (Å²) in [5.41, 5.74) is 1.21. The van der Waals surface area contributed by atoms with Gasteiger partial charge in [0.25, 0.3) is 0 Å². The van der Waals surface area contributed by atoms with E-state index in [1.54, 1.807) is 11.8 Å². The predicted octanol–water partition coefficient (Wildman–Crippen LogP) is 3.35. The Hall–Kier alpha value is -0.670. The Morgan fingerprint density at radius 3 is 3.11 bits per heavy atom. The van der Waals surface area contributed by atoms with Crippen molar-refractivity contribution in [3.8, 4) is 0 Å². The lowest BCUT2D eigenvalue weighted by atomic mass is 9.95. The second-order valence-electron chi connectivity index (χ2n) is 5.35. The van der Waals surface area contributed by atoms with E-state index in [1.807, 2.05) is 17.0 Å². The molecule has 2 unspecified atom stereocenters. The van der Waals surface area contributed by atoms with Crippen LogP contribution in [0.2, 0.25) is 0 Å². The van der Waals surface area contributed by atoms with E-state index < -0.39 is 0 Å². The molecule has 1 fully saturated rings. The highest BCUT2D eigenvalue weighted by atomic mass is 35.5. The summed E-state index contributed by atoms with van der Waals surface area (Å²) >= 11 is 7.75. The van der Waals surface area contributed by atoms with E-state index in [0.29, 0.717) is 17.7 Å². The smallest absolute Gasteiger partial charge is 0.231 e. The molecule has 0 bridgehead atoms.